The third-order valence-corrected chi connectivity index (χ3v) is 15.3. The van der Waals surface area contributed by atoms with E-state index in [1.165, 1.54) is 21.4 Å². The van der Waals surface area contributed by atoms with Crippen LogP contribution >= 0.6 is 21.6 Å². The summed E-state index contributed by atoms with van der Waals surface area (Å²) >= 11 is 0. The van der Waals surface area contributed by atoms with E-state index >= 15 is 4.39 Å². The van der Waals surface area contributed by atoms with Gasteiger partial charge in [-0.2, -0.15) is 0 Å². The van der Waals surface area contributed by atoms with Gasteiger partial charge >= 0.3 is 12.1 Å². The average molecular weight is 1110 g/mol. The van der Waals surface area contributed by atoms with Gasteiger partial charge in [0.05, 0.1) is 147 Å². The van der Waals surface area contributed by atoms with Gasteiger partial charge in [-0.3, -0.25) is 9.59 Å². The molecule has 0 spiro atoms. The Hall–Kier alpha value is -3.98. The molecule has 6 rings (SSSR count). The Kier molecular flexibility index (Phi) is 26.4. The smallest absolute Gasteiger partial charge is 0.407 e. The van der Waals surface area contributed by atoms with Gasteiger partial charge in [0.25, 0.3) is 5.56 Å². The summed E-state index contributed by atoms with van der Waals surface area (Å²) in [6.07, 6.45) is 1.64. The van der Waals surface area contributed by atoms with Crippen LogP contribution in [-0.4, -0.2) is 176 Å². The molecule has 0 bridgehead atoms. The van der Waals surface area contributed by atoms with Crippen LogP contribution in [0.2, 0.25) is 0 Å². The maximum atomic E-state index is 15.3. The first kappa shape index (κ1) is 61.2. The normalized spacial score (nSPS) is 16.5. The highest BCUT2D eigenvalue weighted by molar-refractivity contribution is 8.76. The lowest BCUT2D eigenvalue weighted by Crippen LogP contribution is -2.44. The average Bonchev–Trinajstić information content (AvgIpc) is 3.81. The molecule has 0 saturated heterocycles. The summed E-state index contributed by atoms with van der Waals surface area (Å²) in [5, 5.41) is 18.0. The van der Waals surface area contributed by atoms with E-state index in [0.717, 1.165) is 29.5 Å². The third-order valence-electron chi connectivity index (χ3n) is 12.9. The molecule has 2 amide bonds. The van der Waals surface area contributed by atoms with E-state index in [2.05, 4.69) is 24.5 Å². The van der Waals surface area contributed by atoms with Crippen LogP contribution in [0, 0.1) is 18.7 Å². The lowest BCUT2D eigenvalue weighted by atomic mass is 9.81. The van der Waals surface area contributed by atoms with Crippen molar-refractivity contribution in [3.8, 4) is 11.4 Å². The number of aliphatic hydroxyl groups is 1. The summed E-state index contributed by atoms with van der Waals surface area (Å²) in [5.74, 6) is 0.478. The largest absolute Gasteiger partial charge is 0.458 e. The Morgan fingerprint density at radius 2 is 1.34 bits per heavy atom. The van der Waals surface area contributed by atoms with Gasteiger partial charge < -0.3 is 72.4 Å². The van der Waals surface area contributed by atoms with Crippen LogP contribution in [0.5, 0.6) is 0 Å². The zero-order valence-corrected chi connectivity index (χ0v) is 46.1. The number of carbonyl (C=O) groups is 3. The molecule has 23 heteroatoms. The van der Waals surface area contributed by atoms with Gasteiger partial charge in [-0.25, -0.2) is 19.0 Å². The van der Waals surface area contributed by atoms with Crippen LogP contribution in [-0.2, 0) is 86.9 Å². The Balaban J connectivity index is 0.733. The predicted molar refractivity (Wildman–Crippen MR) is 284 cm³/mol. The molecule has 1 aliphatic carbocycles. The number of carbonyl (C=O) groups excluding carboxylic acids is 3. The summed E-state index contributed by atoms with van der Waals surface area (Å²) in [7, 11) is 3.07. The molecule has 2 atom stereocenters. The molecule has 3 aromatic rings. The zero-order valence-electron chi connectivity index (χ0n) is 44.5. The monoisotopic (exact) mass is 1110 g/mol. The molecule has 4 heterocycles. The molecular formula is C53H77FN4O16S2. The summed E-state index contributed by atoms with van der Waals surface area (Å²) in [5.41, 5.74) is 1.93. The number of esters is 1. The van der Waals surface area contributed by atoms with Gasteiger partial charge in [0, 0.05) is 53.7 Å². The van der Waals surface area contributed by atoms with E-state index in [4.69, 9.17) is 57.1 Å². The molecule has 0 saturated carbocycles. The first-order valence-electron chi connectivity index (χ1n) is 26.4. The number of amides is 2. The number of aryl methyl sites for hydroxylation is 1. The second-order valence-corrected chi connectivity index (χ2v) is 21.3. The Bertz CT molecular complexity index is 2400. The molecule has 0 radical (unpaired) electrons. The molecule has 0 fully saturated rings. The SMILES string of the molecule is CC[C@@]1(O)C(=O)OCc2c1cc1n(c2=O)Cc2c-1nc1cc(F)c(C)c3c1c2[C@@H](NC(=O)OCCSSCCNC(=O)CCOCCOCCOCCOCCOCCOCCOCCOCCOCCC(C)C)CC3. The highest BCUT2D eigenvalue weighted by atomic mass is 33.1. The number of hydrogen-bond acceptors (Lipinski definition) is 19. The molecule has 0 unspecified atom stereocenters. The Morgan fingerprint density at radius 1 is 0.789 bits per heavy atom. The number of cyclic esters (lactones) is 1. The van der Waals surface area contributed by atoms with Gasteiger partial charge in [0.1, 0.15) is 19.0 Å². The van der Waals surface area contributed by atoms with Crippen LogP contribution in [0.25, 0.3) is 22.3 Å². The van der Waals surface area contributed by atoms with Crippen LogP contribution in [0.4, 0.5) is 9.18 Å². The standard InChI is InChI=1S/C53H77FN4O16S2/c1-5-53(63)41-32-45-49-39(34-58(45)50(60)40(41)35-74-51(53)61)48-43(7-6-38-37(4)42(54)33-44(56-49)47(38)48)57-52(62)73-29-31-76-75-30-10-55-46(59)9-12-65-14-16-67-18-20-69-22-24-71-26-28-72-27-25-70-23-21-68-19-17-66-15-13-64-11-8-36(2)3/h32-33,36,43,63H,5-31,34-35H2,1-4H3,(H,55,59)(H,57,62)/t43-,53-/m0/s1. The molecule has 3 N–H and O–H groups in total. The molecule has 1 aromatic carbocycles. The number of benzene rings is 1. The number of nitrogens with one attached hydrogen (secondary N) is 2. The summed E-state index contributed by atoms with van der Waals surface area (Å²) in [6, 6.07) is 2.47. The second-order valence-electron chi connectivity index (χ2n) is 18.6. The zero-order chi connectivity index (χ0) is 54.1. The first-order valence-corrected chi connectivity index (χ1v) is 28.9. The number of pyridine rings is 2. The molecular weight excluding hydrogens is 1030 g/mol. The highest BCUT2D eigenvalue weighted by Gasteiger charge is 2.46. The third kappa shape index (κ3) is 18.0. The number of aromatic nitrogens is 2. The van der Waals surface area contributed by atoms with E-state index in [1.807, 2.05) is 0 Å². The van der Waals surface area contributed by atoms with Crippen LogP contribution in [0.15, 0.2) is 16.9 Å². The molecule has 2 aliphatic heterocycles. The quantitative estimate of drug-likeness (QED) is 0.0291. The van der Waals surface area contributed by atoms with Crippen molar-refractivity contribution in [3.63, 3.8) is 0 Å². The Morgan fingerprint density at radius 3 is 1.91 bits per heavy atom. The molecule has 2 aromatic heterocycles. The van der Waals surface area contributed by atoms with E-state index in [9.17, 15) is 24.3 Å². The van der Waals surface area contributed by atoms with Crippen molar-refractivity contribution in [2.75, 3.05) is 144 Å². The lowest BCUT2D eigenvalue weighted by Gasteiger charge is -2.31. The van der Waals surface area contributed by atoms with Gasteiger partial charge in [-0.15, -0.1) is 0 Å². The molecule has 3 aliphatic rings. The fraction of sp³-hybridized carbons (Fsp3) is 0.679. The van der Waals surface area contributed by atoms with Crippen LogP contribution < -0.4 is 16.2 Å². The van der Waals surface area contributed by atoms with Crippen molar-refractivity contribution in [1.29, 1.82) is 0 Å². The topological polar surface area (TPSA) is 232 Å². The molecule has 424 valence electrons. The van der Waals surface area contributed by atoms with Crippen molar-refractivity contribution < 1.29 is 76.0 Å². The highest BCUT2D eigenvalue weighted by Crippen LogP contribution is 2.46. The predicted octanol–water partition coefficient (Wildman–Crippen LogP) is 5.32. The minimum Gasteiger partial charge on any atom is -0.458 e. The molecule has 76 heavy (non-hydrogen) atoms. The maximum absolute atomic E-state index is 15.3. The first-order chi connectivity index (χ1) is 36.9. The summed E-state index contributed by atoms with van der Waals surface area (Å²) in [4.78, 5) is 57.0. The van der Waals surface area contributed by atoms with E-state index < -0.39 is 35.1 Å². The molecule has 20 nitrogen and oxygen atoms in total. The van der Waals surface area contributed by atoms with Crippen molar-refractivity contribution in [3.05, 3.63) is 61.7 Å². The fourth-order valence-corrected chi connectivity index (χ4v) is 10.6. The van der Waals surface area contributed by atoms with Crippen LogP contribution in [0.3, 0.4) is 0 Å². The van der Waals surface area contributed by atoms with Crippen molar-refractivity contribution in [1.82, 2.24) is 20.2 Å². The number of alkyl carbamates (subject to hydrolysis) is 1. The Labute approximate surface area is 452 Å². The minimum atomic E-state index is -1.99. The van der Waals surface area contributed by atoms with E-state index in [1.54, 1.807) is 30.7 Å². The minimum absolute atomic E-state index is 0.00132. The lowest BCUT2D eigenvalue weighted by molar-refractivity contribution is -0.172. The van der Waals surface area contributed by atoms with Crippen molar-refractivity contribution in [2.45, 2.75) is 84.6 Å². The van der Waals surface area contributed by atoms with E-state index in [-0.39, 0.29) is 56.2 Å². The number of rotatable bonds is 39. The van der Waals surface area contributed by atoms with Gasteiger partial charge in [-0.1, -0.05) is 42.4 Å². The van der Waals surface area contributed by atoms with Gasteiger partial charge in [0.15, 0.2) is 5.60 Å². The van der Waals surface area contributed by atoms with Crippen molar-refractivity contribution in [2.24, 2.45) is 5.92 Å². The van der Waals surface area contributed by atoms with Gasteiger partial charge in [-0.05, 0) is 61.3 Å². The van der Waals surface area contributed by atoms with Crippen molar-refractivity contribution >= 4 is 50.5 Å². The summed E-state index contributed by atoms with van der Waals surface area (Å²) < 4.78 is 77.2. The summed E-state index contributed by atoms with van der Waals surface area (Å²) in [6.45, 7) is 16.9. The maximum Gasteiger partial charge on any atom is 0.407 e. The number of nitrogens with zero attached hydrogens (tertiary/aromatic N) is 2. The fourth-order valence-electron chi connectivity index (χ4n) is 8.83. The number of ether oxygens (including phenoxy) is 11. The number of fused-ring (bicyclic) bond motifs is 5. The number of halogens is 1. The second kappa shape index (κ2) is 32.8. The van der Waals surface area contributed by atoms with E-state index in [0.29, 0.717) is 171 Å². The number of hydrogen-bond donors (Lipinski definition) is 3. The van der Waals surface area contributed by atoms with Gasteiger partial charge in [0.2, 0.25) is 5.91 Å². The van der Waals surface area contributed by atoms with Crippen LogP contribution in [0.1, 0.15) is 85.9 Å².